The summed E-state index contributed by atoms with van der Waals surface area (Å²) in [5.41, 5.74) is 3.23. The second kappa shape index (κ2) is 16.6. The van der Waals surface area contributed by atoms with E-state index in [4.69, 9.17) is 27.9 Å². The van der Waals surface area contributed by atoms with E-state index in [0.29, 0.717) is 34.2 Å². The van der Waals surface area contributed by atoms with Gasteiger partial charge >= 0.3 is 0 Å². The van der Waals surface area contributed by atoms with Crippen molar-refractivity contribution in [1.29, 1.82) is 0 Å². The van der Waals surface area contributed by atoms with Gasteiger partial charge in [-0.15, -0.1) is 0 Å². The molecule has 0 aromatic heterocycles. The van der Waals surface area contributed by atoms with Crippen molar-refractivity contribution in [2.45, 2.75) is 50.2 Å². The normalized spacial score (nSPS) is 11.9. The number of benzene rings is 4. The Balaban J connectivity index is 1.60. The van der Waals surface area contributed by atoms with Crippen LogP contribution in [0.1, 0.15) is 35.6 Å². The highest BCUT2D eigenvalue weighted by Crippen LogP contribution is 2.22. The Labute approximate surface area is 280 Å². The van der Waals surface area contributed by atoms with Crippen LogP contribution in [0.5, 0.6) is 5.75 Å². The highest BCUT2D eigenvalue weighted by Gasteiger charge is 2.30. The van der Waals surface area contributed by atoms with Crippen molar-refractivity contribution < 1.29 is 22.7 Å². The molecule has 0 saturated carbocycles. The van der Waals surface area contributed by atoms with Crippen molar-refractivity contribution in [3.05, 3.63) is 129 Å². The quantitative estimate of drug-likeness (QED) is 0.156. The summed E-state index contributed by atoms with van der Waals surface area (Å²) in [6, 6.07) is 27.6. The third kappa shape index (κ3) is 9.80. The molecule has 0 bridgehead atoms. The monoisotopic (exact) mass is 681 g/mol. The molecular formula is C35H37Cl2N3O5S. The van der Waals surface area contributed by atoms with Gasteiger partial charge in [-0.25, -0.2) is 13.1 Å². The molecule has 0 aliphatic heterocycles. The Kier molecular flexibility index (Phi) is 12.6. The third-order valence-corrected chi connectivity index (χ3v) is 9.60. The molecule has 0 heterocycles. The highest BCUT2D eigenvalue weighted by atomic mass is 35.5. The van der Waals surface area contributed by atoms with Crippen LogP contribution in [-0.2, 0) is 45.5 Å². The first-order chi connectivity index (χ1) is 22.1. The zero-order valence-corrected chi connectivity index (χ0v) is 28.0. The van der Waals surface area contributed by atoms with Crippen molar-refractivity contribution >= 4 is 45.0 Å². The molecule has 0 aliphatic carbocycles. The van der Waals surface area contributed by atoms with E-state index < -0.39 is 16.1 Å². The van der Waals surface area contributed by atoms with Gasteiger partial charge in [0.25, 0.3) is 0 Å². The number of halogens is 2. The Morgan fingerprint density at radius 2 is 1.54 bits per heavy atom. The van der Waals surface area contributed by atoms with Gasteiger partial charge in [-0.2, -0.15) is 0 Å². The number of nitrogens with zero attached hydrogens (tertiary/aromatic N) is 1. The lowest BCUT2D eigenvalue weighted by atomic mass is 10.0. The molecule has 11 heteroatoms. The first kappa shape index (κ1) is 35.0. The Morgan fingerprint density at radius 3 is 2.17 bits per heavy atom. The summed E-state index contributed by atoms with van der Waals surface area (Å²) in [6.45, 7) is 2.35. The molecular weight excluding hydrogens is 645 g/mol. The molecule has 1 atom stereocenters. The molecule has 0 saturated heterocycles. The van der Waals surface area contributed by atoms with Crippen LogP contribution in [0.15, 0.2) is 102 Å². The van der Waals surface area contributed by atoms with E-state index in [-0.39, 0.29) is 42.8 Å². The summed E-state index contributed by atoms with van der Waals surface area (Å²) in [5.74, 6) is 0.134. The summed E-state index contributed by atoms with van der Waals surface area (Å²) < 4.78 is 32.5. The average Bonchev–Trinajstić information content (AvgIpc) is 3.05. The van der Waals surface area contributed by atoms with Crippen LogP contribution in [0.2, 0.25) is 10.0 Å². The molecule has 46 heavy (non-hydrogen) atoms. The molecule has 0 spiro atoms. The summed E-state index contributed by atoms with van der Waals surface area (Å²) in [6.07, 6.45) is 0.760. The van der Waals surface area contributed by atoms with E-state index in [1.165, 1.54) is 12.1 Å². The van der Waals surface area contributed by atoms with Crippen LogP contribution in [0.4, 0.5) is 0 Å². The van der Waals surface area contributed by atoms with Crippen LogP contribution < -0.4 is 14.8 Å². The maximum atomic E-state index is 14.0. The Hall–Kier alpha value is -3.89. The van der Waals surface area contributed by atoms with E-state index in [1.54, 1.807) is 49.3 Å². The van der Waals surface area contributed by atoms with Crippen LogP contribution in [0.25, 0.3) is 0 Å². The summed E-state index contributed by atoms with van der Waals surface area (Å²) in [4.78, 5) is 29.7. The summed E-state index contributed by atoms with van der Waals surface area (Å²) in [5, 5.41) is 3.91. The minimum Gasteiger partial charge on any atom is -0.497 e. The zero-order chi connectivity index (χ0) is 33.1. The van der Waals surface area contributed by atoms with Crippen molar-refractivity contribution in [3.8, 4) is 5.75 Å². The molecule has 4 aromatic carbocycles. The summed E-state index contributed by atoms with van der Waals surface area (Å²) in [7, 11) is -2.00. The van der Waals surface area contributed by atoms with E-state index in [2.05, 4.69) is 10.0 Å². The maximum absolute atomic E-state index is 14.0. The number of ether oxygens (including phenoxy) is 1. The number of sulfonamides is 1. The number of carbonyl (C=O) groups is 2. The topological polar surface area (TPSA) is 105 Å². The van der Waals surface area contributed by atoms with Gasteiger partial charge in [-0.1, -0.05) is 90.8 Å². The maximum Gasteiger partial charge on any atom is 0.243 e. The van der Waals surface area contributed by atoms with Gasteiger partial charge in [-0.3, -0.25) is 9.59 Å². The molecule has 0 aliphatic rings. The van der Waals surface area contributed by atoms with Crippen LogP contribution in [0.3, 0.4) is 0 Å². The highest BCUT2D eigenvalue weighted by molar-refractivity contribution is 7.89. The largest absolute Gasteiger partial charge is 0.497 e. The second-order valence-electron chi connectivity index (χ2n) is 10.7. The molecule has 4 rings (SSSR count). The van der Waals surface area contributed by atoms with Gasteiger partial charge in [0.2, 0.25) is 21.8 Å². The number of nitrogens with one attached hydrogen (secondary N) is 2. The number of carbonyl (C=O) groups excluding carboxylic acids is 2. The fourth-order valence-electron chi connectivity index (χ4n) is 4.95. The fraction of sp³-hybridized carbons (Fsp3) is 0.257. The predicted molar refractivity (Wildman–Crippen MR) is 181 cm³/mol. The molecule has 2 N–H and O–H groups in total. The van der Waals surface area contributed by atoms with E-state index in [1.807, 2.05) is 54.6 Å². The lowest BCUT2D eigenvalue weighted by Crippen LogP contribution is -2.50. The number of methoxy groups -OCH3 is 1. The Morgan fingerprint density at radius 1 is 0.870 bits per heavy atom. The number of hydrogen-bond donors (Lipinski definition) is 2. The second-order valence-corrected chi connectivity index (χ2v) is 13.3. The molecule has 0 unspecified atom stereocenters. The van der Waals surface area contributed by atoms with Crippen LogP contribution in [-0.4, -0.2) is 44.8 Å². The van der Waals surface area contributed by atoms with Gasteiger partial charge in [0.05, 0.1) is 12.0 Å². The number of hydrogen-bond acceptors (Lipinski definition) is 5. The molecule has 0 fully saturated rings. The van der Waals surface area contributed by atoms with Gasteiger partial charge in [0, 0.05) is 42.5 Å². The first-order valence-electron chi connectivity index (χ1n) is 14.9. The van der Waals surface area contributed by atoms with E-state index in [9.17, 15) is 18.0 Å². The minimum absolute atomic E-state index is 0.108. The van der Waals surface area contributed by atoms with Crippen LogP contribution >= 0.6 is 23.2 Å². The van der Waals surface area contributed by atoms with Crippen molar-refractivity contribution in [1.82, 2.24) is 14.9 Å². The molecule has 8 nitrogen and oxygen atoms in total. The lowest BCUT2D eigenvalue weighted by molar-refractivity contribution is -0.141. The fourth-order valence-corrected chi connectivity index (χ4v) is 6.47. The Bertz CT molecular complexity index is 1720. The smallest absolute Gasteiger partial charge is 0.243 e. The molecule has 0 radical (unpaired) electrons. The third-order valence-electron chi connectivity index (χ3n) is 7.45. The molecule has 4 aromatic rings. The number of amides is 2. The van der Waals surface area contributed by atoms with Crippen molar-refractivity contribution in [2.75, 3.05) is 13.7 Å². The van der Waals surface area contributed by atoms with Gasteiger partial charge in [0.1, 0.15) is 11.8 Å². The molecule has 2 amide bonds. The van der Waals surface area contributed by atoms with E-state index >= 15 is 0 Å². The van der Waals surface area contributed by atoms with Crippen molar-refractivity contribution in [3.63, 3.8) is 0 Å². The van der Waals surface area contributed by atoms with Gasteiger partial charge < -0.3 is 15.0 Å². The SMILES string of the molecule is CCNS(=O)(=O)c1ccc(CCC(=O)N(Cc2ccc(OC)cc2)[C@H](Cc2ccccc2)C(=O)NCc2ccc(Cl)cc2Cl)cc1. The first-order valence-corrected chi connectivity index (χ1v) is 17.1. The molecule has 242 valence electrons. The van der Waals surface area contributed by atoms with Crippen molar-refractivity contribution in [2.24, 2.45) is 0 Å². The number of aryl methyl sites for hydroxylation is 1. The van der Waals surface area contributed by atoms with Crippen LogP contribution in [0, 0.1) is 0 Å². The number of rotatable bonds is 15. The standard InChI is InChI=1S/C35H37Cl2N3O5S/c1-3-39-46(43,44)31-18-11-25(12-19-31)13-20-34(41)40(24-27-9-16-30(45-2)17-10-27)33(21-26-7-5-4-6-8-26)35(42)38-23-28-14-15-29(36)22-32(28)37/h4-12,14-19,22,33,39H,3,13,20-21,23-24H2,1-2H3,(H,38,42)/t33-/m1/s1. The average molecular weight is 683 g/mol. The zero-order valence-electron chi connectivity index (χ0n) is 25.7. The van der Waals surface area contributed by atoms with Gasteiger partial charge in [-0.05, 0) is 65.1 Å². The minimum atomic E-state index is -3.59. The predicted octanol–water partition coefficient (Wildman–Crippen LogP) is 6.19. The lowest BCUT2D eigenvalue weighted by Gasteiger charge is -2.32. The van der Waals surface area contributed by atoms with Gasteiger partial charge in [0.15, 0.2) is 0 Å². The summed E-state index contributed by atoms with van der Waals surface area (Å²) >= 11 is 12.4. The van der Waals surface area contributed by atoms with E-state index in [0.717, 1.165) is 16.7 Å².